The molecule has 0 radical (unpaired) electrons. The molecule has 0 aliphatic heterocycles. The zero-order valence-corrected chi connectivity index (χ0v) is 8.78. The Hall–Kier alpha value is -1.55. The van der Waals surface area contributed by atoms with Crippen LogP contribution in [0, 0.1) is 0 Å². The van der Waals surface area contributed by atoms with Gasteiger partial charge in [-0.2, -0.15) is 0 Å². The predicted molar refractivity (Wildman–Crippen MR) is 54.4 cm³/mol. The first-order valence-electron chi connectivity index (χ1n) is 4.11. The molecule has 0 saturated heterocycles. The third kappa shape index (κ3) is 3.25. The van der Waals surface area contributed by atoms with Crippen molar-refractivity contribution in [3.8, 4) is 5.75 Å². The van der Waals surface area contributed by atoms with Crippen molar-refractivity contribution in [3.63, 3.8) is 0 Å². The van der Waals surface area contributed by atoms with Gasteiger partial charge in [-0.15, -0.1) is 0 Å². The summed E-state index contributed by atoms with van der Waals surface area (Å²) in [6.45, 7) is -0.237. The van der Waals surface area contributed by atoms with E-state index in [0.717, 1.165) is 0 Å². The van der Waals surface area contributed by atoms with Crippen LogP contribution in [0.4, 0.5) is 0 Å². The molecular weight excluding hydrogens is 220 g/mol. The molecule has 0 heterocycles. The SMILES string of the molecule is COC(=O)COc1ccc(Cl)cc1C=O. The largest absolute Gasteiger partial charge is 0.481 e. The van der Waals surface area contributed by atoms with Gasteiger partial charge in [0.25, 0.3) is 0 Å². The average Bonchev–Trinajstić information content (AvgIpc) is 2.26. The summed E-state index contributed by atoms with van der Waals surface area (Å²) in [6.07, 6.45) is 0.610. The molecule has 0 fully saturated rings. The Morgan fingerprint density at radius 3 is 2.87 bits per heavy atom. The highest BCUT2D eigenvalue weighted by atomic mass is 35.5. The van der Waals surface area contributed by atoms with E-state index in [4.69, 9.17) is 16.3 Å². The maximum Gasteiger partial charge on any atom is 0.343 e. The number of benzene rings is 1. The van der Waals surface area contributed by atoms with Crippen LogP contribution in [0.3, 0.4) is 0 Å². The number of methoxy groups -OCH3 is 1. The van der Waals surface area contributed by atoms with Crippen LogP contribution in [0.5, 0.6) is 5.75 Å². The third-order valence-corrected chi connectivity index (χ3v) is 1.91. The van der Waals surface area contributed by atoms with E-state index >= 15 is 0 Å². The summed E-state index contributed by atoms with van der Waals surface area (Å²) in [4.78, 5) is 21.4. The number of hydrogen-bond donors (Lipinski definition) is 0. The van der Waals surface area contributed by atoms with Gasteiger partial charge in [0.15, 0.2) is 12.9 Å². The van der Waals surface area contributed by atoms with Gasteiger partial charge < -0.3 is 9.47 Å². The lowest BCUT2D eigenvalue weighted by Gasteiger charge is -2.06. The van der Waals surface area contributed by atoms with Gasteiger partial charge >= 0.3 is 5.97 Å². The van der Waals surface area contributed by atoms with Crippen molar-refractivity contribution in [2.45, 2.75) is 0 Å². The Kier molecular flexibility index (Phi) is 4.12. The van der Waals surface area contributed by atoms with Crippen molar-refractivity contribution < 1.29 is 19.1 Å². The van der Waals surface area contributed by atoms with E-state index in [-0.39, 0.29) is 6.61 Å². The number of hydrogen-bond acceptors (Lipinski definition) is 4. The van der Waals surface area contributed by atoms with Gasteiger partial charge in [-0.25, -0.2) is 4.79 Å². The maximum atomic E-state index is 10.8. The number of carbonyl (C=O) groups excluding carboxylic acids is 2. The van der Waals surface area contributed by atoms with Crippen LogP contribution in [0.15, 0.2) is 18.2 Å². The monoisotopic (exact) mass is 228 g/mol. The molecule has 0 saturated carbocycles. The minimum absolute atomic E-state index is 0.237. The summed E-state index contributed by atoms with van der Waals surface area (Å²) in [5.74, 6) is -0.207. The maximum absolute atomic E-state index is 10.8. The fraction of sp³-hybridized carbons (Fsp3) is 0.200. The molecule has 1 rings (SSSR count). The molecule has 0 spiro atoms. The Labute approximate surface area is 91.7 Å². The molecule has 5 heteroatoms. The van der Waals surface area contributed by atoms with Crippen LogP contribution in [0.1, 0.15) is 10.4 Å². The van der Waals surface area contributed by atoms with Crippen LogP contribution < -0.4 is 4.74 Å². The standard InChI is InChI=1S/C10H9ClO4/c1-14-10(13)6-15-9-3-2-8(11)4-7(9)5-12/h2-5H,6H2,1H3. The summed E-state index contributed by atoms with van der Waals surface area (Å²) < 4.78 is 9.46. The van der Waals surface area contributed by atoms with E-state index in [1.165, 1.54) is 19.2 Å². The number of esters is 1. The summed E-state index contributed by atoms with van der Waals surface area (Å²) in [7, 11) is 1.26. The van der Waals surface area contributed by atoms with Crippen molar-refractivity contribution in [1.29, 1.82) is 0 Å². The molecule has 0 aromatic heterocycles. The van der Waals surface area contributed by atoms with Crippen molar-refractivity contribution in [2.75, 3.05) is 13.7 Å². The van der Waals surface area contributed by atoms with E-state index in [2.05, 4.69) is 4.74 Å². The highest BCUT2D eigenvalue weighted by molar-refractivity contribution is 6.30. The normalized spacial score (nSPS) is 9.47. The highest BCUT2D eigenvalue weighted by Crippen LogP contribution is 2.21. The lowest BCUT2D eigenvalue weighted by Crippen LogP contribution is -2.13. The van der Waals surface area contributed by atoms with Crippen molar-refractivity contribution in [1.82, 2.24) is 0 Å². The zero-order valence-electron chi connectivity index (χ0n) is 8.03. The first kappa shape index (κ1) is 11.5. The van der Waals surface area contributed by atoms with Crippen molar-refractivity contribution in [2.24, 2.45) is 0 Å². The Morgan fingerprint density at radius 1 is 1.53 bits per heavy atom. The van der Waals surface area contributed by atoms with Crippen molar-refractivity contribution in [3.05, 3.63) is 28.8 Å². The third-order valence-electron chi connectivity index (χ3n) is 1.67. The van der Waals surface area contributed by atoms with E-state index in [1.54, 1.807) is 6.07 Å². The number of carbonyl (C=O) groups is 2. The van der Waals surface area contributed by atoms with E-state index < -0.39 is 5.97 Å². The molecule has 15 heavy (non-hydrogen) atoms. The topological polar surface area (TPSA) is 52.6 Å². The smallest absolute Gasteiger partial charge is 0.343 e. The number of aldehydes is 1. The fourth-order valence-corrected chi connectivity index (χ4v) is 1.12. The first-order valence-corrected chi connectivity index (χ1v) is 4.49. The molecule has 0 N–H and O–H groups in total. The summed E-state index contributed by atoms with van der Waals surface area (Å²) in [5.41, 5.74) is 0.298. The van der Waals surface area contributed by atoms with Crippen LogP contribution in [0.25, 0.3) is 0 Å². The number of rotatable bonds is 4. The number of halogens is 1. The van der Waals surface area contributed by atoms with E-state index in [0.29, 0.717) is 22.6 Å². The van der Waals surface area contributed by atoms with Gasteiger partial charge in [-0.3, -0.25) is 4.79 Å². The Balaban J connectivity index is 2.76. The Morgan fingerprint density at radius 2 is 2.27 bits per heavy atom. The lowest BCUT2D eigenvalue weighted by atomic mass is 10.2. The Bertz CT molecular complexity index is 376. The second-order valence-corrected chi connectivity index (χ2v) is 3.10. The molecule has 80 valence electrons. The van der Waals surface area contributed by atoms with Gasteiger partial charge in [0.05, 0.1) is 12.7 Å². The highest BCUT2D eigenvalue weighted by Gasteiger charge is 2.06. The molecule has 1 aromatic carbocycles. The van der Waals surface area contributed by atoms with E-state index in [1.807, 2.05) is 0 Å². The zero-order chi connectivity index (χ0) is 11.3. The van der Waals surface area contributed by atoms with Gasteiger partial charge in [-0.05, 0) is 18.2 Å². The molecule has 0 unspecified atom stereocenters. The van der Waals surface area contributed by atoms with Crippen LogP contribution >= 0.6 is 11.6 Å². The average molecular weight is 229 g/mol. The van der Waals surface area contributed by atoms with Crippen LogP contribution in [-0.2, 0) is 9.53 Å². The van der Waals surface area contributed by atoms with E-state index in [9.17, 15) is 9.59 Å². The molecule has 0 amide bonds. The van der Waals surface area contributed by atoms with Gasteiger partial charge in [0.2, 0.25) is 0 Å². The molecule has 0 bridgehead atoms. The van der Waals surface area contributed by atoms with Crippen molar-refractivity contribution >= 4 is 23.9 Å². The summed E-state index contributed by atoms with van der Waals surface area (Å²) in [6, 6.07) is 4.55. The fourth-order valence-electron chi connectivity index (χ4n) is 0.938. The minimum atomic E-state index is -0.512. The quantitative estimate of drug-likeness (QED) is 0.582. The summed E-state index contributed by atoms with van der Waals surface area (Å²) in [5, 5.41) is 0.433. The van der Waals surface area contributed by atoms with Gasteiger partial charge in [0, 0.05) is 5.02 Å². The molecule has 0 aliphatic carbocycles. The van der Waals surface area contributed by atoms with Crippen LogP contribution in [-0.4, -0.2) is 26.0 Å². The molecule has 1 aromatic rings. The minimum Gasteiger partial charge on any atom is -0.481 e. The van der Waals surface area contributed by atoms with Gasteiger partial charge in [-0.1, -0.05) is 11.6 Å². The second kappa shape index (κ2) is 5.36. The molecule has 4 nitrogen and oxygen atoms in total. The molecule has 0 atom stereocenters. The second-order valence-electron chi connectivity index (χ2n) is 2.66. The summed E-state index contributed by atoms with van der Waals surface area (Å²) >= 11 is 5.68. The lowest BCUT2D eigenvalue weighted by molar-refractivity contribution is -0.142. The van der Waals surface area contributed by atoms with Gasteiger partial charge in [0.1, 0.15) is 5.75 Å². The predicted octanol–water partition coefficient (Wildman–Crippen LogP) is 1.70. The van der Waals surface area contributed by atoms with Crippen LogP contribution in [0.2, 0.25) is 5.02 Å². The number of ether oxygens (including phenoxy) is 2. The molecule has 0 aliphatic rings. The first-order chi connectivity index (χ1) is 7.17. The molecular formula is C10H9ClO4.